The van der Waals surface area contributed by atoms with Gasteiger partial charge in [-0.25, -0.2) is 0 Å². The van der Waals surface area contributed by atoms with Crippen LogP contribution in [0.4, 0.5) is 8.78 Å². The van der Waals surface area contributed by atoms with Gasteiger partial charge in [0.2, 0.25) is 0 Å². The predicted octanol–water partition coefficient (Wildman–Crippen LogP) is 3.42. The lowest BCUT2D eigenvalue weighted by Crippen LogP contribution is -2.39. The molecule has 0 bridgehead atoms. The molecule has 1 heterocycles. The molecular weight excluding hydrogens is 274 g/mol. The van der Waals surface area contributed by atoms with Crippen molar-refractivity contribution >= 4 is 0 Å². The minimum absolute atomic E-state index is 0.0600. The van der Waals surface area contributed by atoms with Gasteiger partial charge in [-0.3, -0.25) is 4.90 Å². The van der Waals surface area contributed by atoms with Crippen molar-refractivity contribution in [3.05, 3.63) is 29.8 Å². The van der Waals surface area contributed by atoms with E-state index in [-0.39, 0.29) is 11.8 Å². The average Bonchev–Trinajstić information content (AvgIpc) is 2.98. The van der Waals surface area contributed by atoms with Crippen LogP contribution in [0.5, 0.6) is 5.75 Å². The van der Waals surface area contributed by atoms with Crippen molar-refractivity contribution in [3.8, 4) is 5.75 Å². The Hall–Kier alpha value is -1.20. The maximum absolute atomic E-state index is 12.6. The first-order valence-corrected chi connectivity index (χ1v) is 7.63. The van der Waals surface area contributed by atoms with Gasteiger partial charge in [-0.1, -0.05) is 25.1 Å². The van der Waals surface area contributed by atoms with Crippen LogP contribution >= 0.6 is 0 Å². The van der Waals surface area contributed by atoms with Crippen molar-refractivity contribution in [3.63, 3.8) is 0 Å². The number of hydrogen-bond donors (Lipinski definition) is 1. The highest BCUT2D eigenvalue weighted by molar-refractivity contribution is 5.35. The number of halogens is 2. The summed E-state index contributed by atoms with van der Waals surface area (Å²) in [4.78, 5) is 2.40. The molecule has 1 fully saturated rings. The molecule has 1 N–H and O–H groups in total. The van der Waals surface area contributed by atoms with Gasteiger partial charge in [0.25, 0.3) is 0 Å². The fourth-order valence-electron chi connectivity index (χ4n) is 3.08. The number of ether oxygens (including phenoxy) is 1. The van der Waals surface area contributed by atoms with Gasteiger partial charge in [-0.15, -0.1) is 0 Å². The smallest absolute Gasteiger partial charge is 0.387 e. The summed E-state index contributed by atoms with van der Waals surface area (Å²) in [6.45, 7) is 4.36. The fraction of sp³-hybridized carbons (Fsp3) is 0.625. The highest BCUT2D eigenvalue weighted by Crippen LogP contribution is 2.32. The fourth-order valence-corrected chi connectivity index (χ4v) is 3.08. The summed E-state index contributed by atoms with van der Waals surface area (Å²) >= 11 is 0. The molecule has 21 heavy (non-hydrogen) atoms. The Labute approximate surface area is 125 Å². The third-order valence-electron chi connectivity index (χ3n) is 4.07. The van der Waals surface area contributed by atoms with Gasteiger partial charge < -0.3 is 10.1 Å². The van der Waals surface area contributed by atoms with E-state index in [4.69, 9.17) is 0 Å². The van der Waals surface area contributed by atoms with E-state index in [9.17, 15) is 8.78 Å². The Morgan fingerprint density at radius 2 is 2.14 bits per heavy atom. The molecule has 0 amide bonds. The van der Waals surface area contributed by atoms with E-state index >= 15 is 0 Å². The number of alkyl halides is 2. The minimum Gasteiger partial charge on any atom is -0.434 e. The summed E-state index contributed by atoms with van der Waals surface area (Å²) in [5, 5.41) is 3.37. The number of rotatable bonds is 7. The number of hydrogen-bond acceptors (Lipinski definition) is 3. The maximum Gasteiger partial charge on any atom is 0.387 e. The van der Waals surface area contributed by atoms with Crippen LogP contribution in [0, 0.1) is 0 Å². The Morgan fingerprint density at radius 3 is 2.76 bits per heavy atom. The largest absolute Gasteiger partial charge is 0.434 e. The normalized spacial score (nSPS) is 20.2. The van der Waals surface area contributed by atoms with Crippen LogP contribution in [0.3, 0.4) is 0 Å². The number of nitrogens with zero attached hydrogens (tertiary/aromatic N) is 1. The molecule has 1 saturated heterocycles. The molecule has 2 unspecified atom stereocenters. The van der Waals surface area contributed by atoms with Crippen LogP contribution in [0.2, 0.25) is 0 Å². The molecule has 1 aliphatic rings. The number of para-hydroxylation sites is 1. The molecule has 0 aliphatic carbocycles. The van der Waals surface area contributed by atoms with Crippen molar-refractivity contribution in [2.75, 3.05) is 19.6 Å². The van der Waals surface area contributed by atoms with Gasteiger partial charge in [0.05, 0.1) is 0 Å². The lowest BCUT2D eigenvalue weighted by Gasteiger charge is -2.34. The van der Waals surface area contributed by atoms with E-state index in [2.05, 4.69) is 28.8 Å². The first-order chi connectivity index (χ1) is 10.1. The van der Waals surface area contributed by atoms with Crippen LogP contribution < -0.4 is 10.1 Å². The summed E-state index contributed by atoms with van der Waals surface area (Å²) < 4.78 is 29.8. The summed E-state index contributed by atoms with van der Waals surface area (Å²) in [6, 6.07) is 7.63. The molecule has 1 aromatic carbocycles. The van der Waals surface area contributed by atoms with Crippen LogP contribution in [-0.2, 0) is 0 Å². The molecule has 1 aliphatic heterocycles. The molecule has 5 heteroatoms. The molecular formula is C16H24F2N2O. The van der Waals surface area contributed by atoms with E-state index in [1.165, 1.54) is 0 Å². The predicted molar refractivity (Wildman–Crippen MR) is 79.8 cm³/mol. The zero-order chi connectivity index (χ0) is 15.2. The lowest BCUT2D eigenvalue weighted by molar-refractivity contribution is -0.0512. The zero-order valence-electron chi connectivity index (χ0n) is 12.7. The van der Waals surface area contributed by atoms with Gasteiger partial charge in [0.15, 0.2) is 0 Å². The van der Waals surface area contributed by atoms with E-state index in [0.29, 0.717) is 6.04 Å². The van der Waals surface area contributed by atoms with Gasteiger partial charge >= 0.3 is 6.61 Å². The van der Waals surface area contributed by atoms with E-state index < -0.39 is 6.61 Å². The highest BCUT2D eigenvalue weighted by atomic mass is 19.3. The lowest BCUT2D eigenvalue weighted by atomic mass is 10.0. The summed E-state index contributed by atoms with van der Waals surface area (Å²) in [5.74, 6) is 0.284. The van der Waals surface area contributed by atoms with Crippen molar-refractivity contribution in [1.82, 2.24) is 10.2 Å². The van der Waals surface area contributed by atoms with Gasteiger partial charge in [-0.05, 0) is 38.9 Å². The SMILES string of the molecule is CCCN(C1CCNC1)C(C)c1ccccc1OC(F)F. The van der Waals surface area contributed by atoms with Crippen molar-refractivity contribution in [2.24, 2.45) is 0 Å². The summed E-state index contributed by atoms with van der Waals surface area (Å²) in [5.41, 5.74) is 0.832. The monoisotopic (exact) mass is 298 g/mol. The van der Waals surface area contributed by atoms with Crippen molar-refractivity contribution < 1.29 is 13.5 Å². The Morgan fingerprint density at radius 1 is 1.38 bits per heavy atom. The quantitative estimate of drug-likeness (QED) is 0.835. The molecule has 0 radical (unpaired) electrons. The van der Waals surface area contributed by atoms with Crippen LogP contribution in [0.15, 0.2) is 24.3 Å². The zero-order valence-corrected chi connectivity index (χ0v) is 12.7. The number of nitrogens with one attached hydrogen (secondary N) is 1. The van der Waals surface area contributed by atoms with E-state index in [1.54, 1.807) is 12.1 Å². The van der Waals surface area contributed by atoms with E-state index in [0.717, 1.165) is 38.0 Å². The van der Waals surface area contributed by atoms with Crippen LogP contribution in [0.25, 0.3) is 0 Å². The van der Waals surface area contributed by atoms with Crippen LogP contribution in [0.1, 0.15) is 38.3 Å². The standard InChI is InChI=1S/C16H24F2N2O/c1-3-10-20(13-8-9-19-11-13)12(2)14-6-4-5-7-15(14)21-16(17)18/h4-7,12-13,16,19H,3,8-11H2,1-2H3. The van der Waals surface area contributed by atoms with Gasteiger partial charge in [0.1, 0.15) is 5.75 Å². The maximum atomic E-state index is 12.6. The second-order valence-electron chi connectivity index (χ2n) is 5.48. The second kappa shape index (κ2) is 7.71. The number of benzene rings is 1. The molecule has 0 spiro atoms. The molecule has 1 aromatic rings. The summed E-state index contributed by atoms with van der Waals surface area (Å²) in [7, 11) is 0. The Bertz CT molecular complexity index is 436. The Kier molecular flexibility index (Phi) is 5.94. The summed E-state index contributed by atoms with van der Waals surface area (Å²) in [6.07, 6.45) is 2.14. The molecule has 0 saturated carbocycles. The van der Waals surface area contributed by atoms with E-state index in [1.807, 2.05) is 12.1 Å². The minimum atomic E-state index is -2.79. The molecule has 2 rings (SSSR count). The first-order valence-electron chi connectivity index (χ1n) is 7.63. The topological polar surface area (TPSA) is 24.5 Å². The van der Waals surface area contributed by atoms with Gasteiger partial charge in [0, 0.05) is 24.2 Å². The third-order valence-corrected chi connectivity index (χ3v) is 4.07. The van der Waals surface area contributed by atoms with Gasteiger partial charge in [-0.2, -0.15) is 8.78 Å². The average molecular weight is 298 g/mol. The van der Waals surface area contributed by atoms with Crippen molar-refractivity contribution in [1.29, 1.82) is 0 Å². The first kappa shape index (κ1) is 16.2. The van der Waals surface area contributed by atoms with Crippen LogP contribution in [-0.4, -0.2) is 37.2 Å². The Balaban J connectivity index is 2.21. The second-order valence-corrected chi connectivity index (χ2v) is 5.48. The molecule has 3 nitrogen and oxygen atoms in total. The third kappa shape index (κ3) is 4.14. The molecule has 118 valence electrons. The van der Waals surface area contributed by atoms with Crippen molar-refractivity contribution in [2.45, 2.75) is 45.4 Å². The molecule has 0 aromatic heterocycles. The molecule has 2 atom stereocenters. The highest BCUT2D eigenvalue weighted by Gasteiger charge is 2.28.